The maximum Gasteiger partial charge on any atom is 0.289 e. The molecule has 1 N–H and O–H groups in total. The zero-order valence-electron chi connectivity index (χ0n) is 16.1. The lowest BCUT2D eigenvalue weighted by atomic mass is 10.3. The maximum atomic E-state index is 12.4. The minimum atomic E-state index is -0.0895. The summed E-state index contributed by atoms with van der Waals surface area (Å²) in [6, 6.07) is 11.0. The Labute approximate surface area is 168 Å². The van der Waals surface area contributed by atoms with E-state index in [2.05, 4.69) is 25.4 Å². The van der Waals surface area contributed by atoms with Crippen molar-refractivity contribution in [3.05, 3.63) is 54.6 Å². The highest BCUT2D eigenvalue weighted by Crippen LogP contribution is 2.20. The fourth-order valence-corrected chi connectivity index (χ4v) is 3.13. The first-order chi connectivity index (χ1) is 14.2. The van der Waals surface area contributed by atoms with Crippen molar-refractivity contribution in [1.82, 2.24) is 20.1 Å². The van der Waals surface area contributed by atoms with Crippen LogP contribution >= 0.6 is 0 Å². The Bertz CT molecular complexity index is 937. The lowest BCUT2D eigenvalue weighted by Gasteiger charge is -2.34. The van der Waals surface area contributed by atoms with Gasteiger partial charge in [-0.05, 0) is 43.3 Å². The number of carbonyl (C=O) groups is 1. The van der Waals surface area contributed by atoms with Gasteiger partial charge in [0, 0.05) is 31.9 Å². The van der Waals surface area contributed by atoms with Gasteiger partial charge in [-0.1, -0.05) is 0 Å². The fourth-order valence-electron chi connectivity index (χ4n) is 3.13. The molecule has 0 bridgehead atoms. The molecule has 1 aromatic carbocycles. The van der Waals surface area contributed by atoms with E-state index < -0.39 is 0 Å². The van der Waals surface area contributed by atoms with Crippen molar-refractivity contribution < 1.29 is 13.9 Å². The molecule has 9 nitrogen and oxygen atoms in total. The summed E-state index contributed by atoms with van der Waals surface area (Å²) in [5.74, 6) is 2.23. The molecule has 1 saturated heterocycles. The van der Waals surface area contributed by atoms with E-state index >= 15 is 0 Å². The molecule has 150 valence electrons. The van der Waals surface area contributed by atoms with Crippen molar-refractivity contribution >= 4 is 23.4 Å². The smallest absolute Gasteiger partial charge is 0.289 e. The molecule has 1 aliphatic rings. The molecule has 9 heteroatoms. The van der Waals surface area contributed by atoms with E-state index in [1.807, 2.05) is 31.2 Å². The molecule has 4 rings (SSSR count). The number of nitrogens with one attached hydrogen (secondary N) is 1. The number of carbonyl (C=O) groups excluding carboxylic acids is 1. The van der Waals surface area contributed by atoms with E-state index in [0.717, 1.165) is 17.3 Å². The molecule has 1 amide bonds. The number of furan rings is 1. The van der Waals surface area contributed by atoms with Crippen LogP contribution in [0.5, 0.6) is 5.75 Å². The van der Waals surface area contributed by atoms with Gasteiger partial charge in [-0.15, -0.1) is 5.10 Å². The zero-order chi connectivity index (χ0) is 20.1. The number of ether oxygens (including phenoxy) is 1. The average Bonchev–Trinajstić information content (AvgIpc) is 3.30. The van der Waals surface area contributed by atoms with Gasteiger partial charge < -0.3 is 24.3 Å². The van der Waals surface area contributed by atoms with Crippen molar-refractivity contribution in [3.63, 3.8) is 0 Å². The molecule has 0 aliphatic carbocycles. The van der Waals surface area contributed by atoms with Gasteiger partial charge in [0.25, 0.3) is 5.91 Å². The summed E-state index contributed by atoms with van der Waals surface area (Å²) in [6.07, 6.45) is 3.14. The summed E-state index contributed by atoms with van der Waals surface area (Å²) in [5, 5.41) is 11.3. The molecule has 0 spiro atoms. The van der Waals surface area contributed by atoms with Gasteiger partial charge in [0.05, 0.1) is 19.1 Å². The average molecular weight is 394 g/mol. The Hall–Kier alpha value is -3.62. The van der Waals surface area contributed by atoms with Gasteiger partial charge in [-0.2, -0.15) is 10.1 Å². The summed E-state index contributed by atoms with van der Waals surface area (Å²) in [6.45, 7) is 5.07. The second kappa shape index (κ2) is 8.59. The van der Waals surface area contributed by atoms with Gasteiger partial charge in [-0.25, -0.2) is 0 Å². The molecule has 2 aromatic heterocycles. The third-order valence-electron chi connectivity index (χ3n) is 4.59. The number of amides is 1. The minimum absolute atomic E-state index is 0.0895. The predicted octanol–water partition coefficient (Wildman–Crippen LogP) is 2.57. The SMILES string of the molecule is CCOc1ccc(Nc2nncc(N3CCN(C(=O)c4ccco4)CC3)n2)cc1. The summed E-state index contributed by atoms with van der Waals surface area (Å²) >= 11 is 0. The van der Waals surface area contributed by atoms with Crippen LogP contribution in [0, 0.1) is 0 Å². The summed E-state index contributed by atoms with van der Waals surface area (Å²) in [5.41, 5.74) is 0.848. The fraction of sp³-hybridized carbons (Fsp3) is 0.300. The van der Waals surface area contributed by atoms with E-state index in [-0.39, 0.29) is 5.91 Å². The van der Waals surface area contributed by atoms with Gasteiger partial charge in [-0.3, -0.25) is 4.79 Å². The molecular weight excluding hydrogens is 372 g/mol. The van der Waals surface area contributed by atoms with Gasteiger partial charge in [0.2, 0.25) is 5.95 Å². The second-order valence-corrected chi connectivity index (χ2v) is 6.48. The van der Waals surface area contributed by atoms with Gasteiger partial charge >= 0.3 is 0 Å². The standard InChI is InChI=1S/C20H22N6O3/c1-2-28-16-7-5-15(6-8-16)22-20-23-18(14-21-24-20)25-9-11-26(12-10-25)19(27)17-4-3-13-29-17/h3-8,13-14H,2,9-12H2,1H3,(H,22,23,24). The highest BCUT2D eigenvalue weighted by atomic mass is 16.5. The summed E-state index contributed by atoms with van der Waals surface area (Å²) < 4.78 is 10.6. The topological polar surface area (TPSA) is 96.6 Å². The number of anilines is 3. The third kappa shape index (κ3) is 4.45. The normalized spacial score (nSPS) is 14.0. The largest absolute Gasteiger partial charge is 0.494 e. The number of hydrogen-bond acceptors (Lipinski definition) is 8. The number of nitrogens with zero attached hydrogens (tertiary/aromatic N) is 5. The number of aromatic nitrogens is 3. The maximum absolute atomic E-state index is 12.4. The van der Waals surface area contributed by atoms with Crippen LogP contribution in [-0.2, 0) is 0 Å². The third-order valence-corrected chi connectivity index (χ3v) is 4.59. The van der Waals surface area contributed by atoms with Crippen molar-refractivity contribution in [1.29, 1.82) is 0 Å². The first-order valence-electron chi connectivity index (χ1n) is 9.50. The Morgan fingerprint density at radius 1 is 1.17 bits per heavy atom. The van der Waals surface area contributed by atoms with Crippen LogP contribution in [0.4, 0.5) is 17.5 Å². The van der Waals surface area contributed by atoms with Crippen molar-refractivity contribution in [2.24, 2.45) is 0 Å². The number of benzene rings is 1. The highest BCUT2D eigenvalue weighted by Gasteiger charge is 2.24. The number of rotatable bonds is 6. The van der Waals surface area contributed by atoms with Gasteiger partial charge in [0.15, 0.2) is 11.6 Å². The molecule has 1 fully saturated rings. The molecule has 3 heterocycles. The Kier molecular flexibility index (Phi) is 5.55. The monoisotopic (exact) mass is 394 g/mol. The van der Waals surface area contributed by atoms with E-state index in [4.69, 9.17) is 9.15 Å². The van der Waals surface area contributed by atoms with Crippen molar-refractivity contribution in [2.45, 2.75) is 6.92 Å². The lowest BCUT2D eigenvalue weighted by molar-refractivity contribution is 0.0714. The Morgan fingerprint density at radius 2 is 1.97 bits per heavy atom. The van der Waals surface area contributed by atoms with Crippen LogP contribution in [0.2, 0.25) is 0 Å². The van der Waals surface area contributed by atoms with E-state index in [0.29, 0.717) is 44.5 Å². The summed E-state index contributed by atoms with van der Waals surface area (Å²) in [7, 11) is 0. The molecule has 29 heavy (non-hydrogen) atoms. The minimum Gasteiger partial charge on any atom is -0.494 e. The van der Waals surface area contributed by atoms with E-state index in [1.54, 1.807) is 23.2 Å². The number of piperazine rings is 1. The van der Waals surface area contributed by atoms with Crippen molar-refractivity contribution in [3.8, 4) is 5.75 Å². The quantitative estimate of drug-likeness (QED) is 0.681. The lowest BCUT2D eigenvalue weighted by Crippen LogP contribution is -2.49. The molecule has 0 atom stereocenters. The van der Waals surface area contributed by atoms with Crippen LogP contribution in [0.3, 0.4) is 0 Å². The van der Waals surface area contributed by atoms with E-state index in [9.17, 15) is 4.79 Å². The first kappa shape index (κ1) is 18.7. The first-order valence-corrected chi connectivity index (χ1v) is 9.50. The second-order valence-electron chi connectivity index (χ2n) is 6.48. The molecule has 3 aromatic rings. The molecular formula is C20H22N6O3. The predicted molar refractivity (Wildman–Crippen MR) is 108 cm³/mol. The van der Waals surface area contributed by atoms with Crippen LogP contribution in [-0.4, -0.2) is 58.8 Å². The van der Waals surface area contributed by atoms with Crippen LogP contribution in [0.1, 0.15) is 17.5 Å². The summed E-state index contributed by atoms with van der Waals surface area (Å²) in [4.78, 5) is 20.8. The molecule has 1 aliphatic heterocycles. The number of hydrogen-bond donors (Lipinski definition) is 1. The molecule has 0 unspecified atom stereocenters. The Morgan fingerprint density at radius 3 is 2.66 bits per heavy atom. The van der Waals surface area contributed by atoms with Crippen molar-refractivity contribution in [2.75, 3.05) is 43.0 Å². The van der Waals surface area contributed by atoms with Crippen LogP contribution < -0.4 is 15.0 Å². The highest BCUT2D eigenvalue weighted by molar-refractivity contribution is 5.91. The molecule has 0 radical (unpaired) electrons. The van der Waals surface area contributed by atoms with Gasteiger partial charge in [0.1, 0.15) is 5.75 Å². The van der Waals surface area contributed by atoms with Crippen LogP contribution in [0.25, 0.3) is 0 Å². The zero-order valence-corrected chi connectivity index (χ0v) is 16.1. The van der Waals surface area contributed by atoms with E-state index in [1.165, 1.54) is 6.26 Å². The van der Waals surface area contributed by atoms with Crippen LogP contribution in [0.15, 0.2) is 53.3 Å². The molecule has 0 saturated carbocycles. The Balaban J connectivity index is 1.37.